The van der Waals surface area contributed by atoms with Crippen LogP contribution in [0.4, 0.5) is 5.69 Å². The number of aromatic nitrogens is 1. The molecular weight excluding hydrogens is 420 g/mol. The smallest absolute Gasteiger partial charge is 0.420 e. The number of anilines is 1. The van der Waals surface area contributed by atoms with Crippen molar-refractivity contribution in [2.24, 2.45) is 0 Å². The van der Waals surface area contributed by atoms with Crippen LogP contribution in [0.15, 0.2) is 50.5 Å². The molecule has 0 unspecified atom stereocenters. The van der Waals surface area contributed by atoms with Crippen LogP contribution in [0.25, 0.3) is 11.1 Å². The molecule has 0 aliphatic carbocycles. The number of sulfonamides is 1. The van der Waals surface area contributed by atoms with Gasteiger partial charge in [-0.3, -0.25) is 14.1 Å². The van der Waals surface area contributed by atoms with Crippen molar-refractivity contribution in [2.75, 3.05) is 11.3 Å². The monoisotopic (exact) mass is 438 g/mol. The molecule has 1 N–H and O–H groups in total. The number of aryl methyl sites for hydroxylation is 1. The maximum atomic E-state index is 12.7. The predicted octanol–water partition coefficient (Wildman–Crippen LogP) is 3.31. The molecule has 3 rings (SSSR count). The van der Waals surface area contributed by atoms with Gasteiger partial charge in [0.25, 0.3) is 10.0 Å². The van der Waals surface area contributed by atoms with Crippen LogP contribution in [-0.4, -0.2) is 25.6 Å². The van der Waals surface area contributed by atoms with Gasteiger partial charge in [0, 0.05) is 6.07 Å². The minimum absolute atomic E-state index is 0.0381. The first-order chi connectivity index (χ1) is 13.7. The normalized spacial score (nSPS) is 11.6. The molecule has 154 valence electrons. The third-order valence-electron chi connectivity index (χ3n) is 4.07. The van der Waals surface area contributed by atoms with Crippen molar-refractivity contribution in [1.82, 2.24) is 4.57 Å². The van der Waals surface area contributed by atoms with Gasteiger partial charge >= 0.3 is 11.7 Å². The highest BCUT2D eigenvalue weighted by Crippen LogP contribution is 2.26. The molecule has 0 saturated carbocycles. The van der Waals surface area contributed by atoms with E-state index in [1.54, 1.807) is 18.2 Å². The number of oxazole rings is 1. The molecule has 8 nitrogen and oxygen atoms in total. The lowest BCUT2D eigenvalue weighted by Gasteiger charge is -2.10. The molecule has 29 heavy (non-hydrogen) atoms. The van der Waals surface area contributed by atoms with Crippen LogP contribution in [0, 0.1) is 6.92 Å². The number of benzene rings is 2. The Bertz CT molecular complexity index is 1230. The van der Waals surface area contributed by atoms with Crippen molar-refractivity contribution >= 4 is 44.4 Å². The molecule has 0 radical (unpaired) electrons. The van der Waals surface area contributed by atoms with E-state index in [1.165, 1.54) is 18.2 Å². The number of fused-ring (bicyclic) bond motifs is 1. The van der Waals surface area contributed by atoms with E-state index >= 15 is 0 Å². The summed E-state index contributed by atoms with van der Waals surface area (Å²) in [4.78, 5) is 23.8. The van der Waals surface area contributed by atoms with E-state index in [0.717, 1.165) is 10.1 Å². The number of nitrogens with one attached hydrogen (secondary N) is 1. The first kappa shape index (κ1) is 20.9. The molecule has 0 fully saturated rings. The van der Waals surface area contributed by atoms with Gasteiger partial charge in [0.05, 0.1) is 27.7 Å². The van der Waals surface area contributed by atoms with Gasteiger partial charge in [-0.1, -0.05) is 24.6 Å². The van der Waals surface area contributed by atoms with E-state index < -0.39 is 21.7 Å². The van der Waals surface area contributed by atoms with Gasteiger partial charge < -0.3 is 9.15 Å². The van der Waals surface area contributed by atoms with Gasteiger partial charge in [0.1, 0.15) is 6.54 Å². The number of rotatable bonds is 7. The molecule has 0 spiro atoms. The molecule has 0 bridgehead atoms. The average Bonchev–Trinajstić information content (AvgIpc) is 2.97. The lowest BCUT2D eigenvalue weighted by molar-refractivity contribution is -0.144. The Balaban J connectivity index is 1.91. The number of esters is 1. The van der Waals surface area contributed by atoms with Gasteiger partial charge in [0.2, 0.25) is 0 Å². The Morgan fingerprint density at radius 3 is 2.69 bits per heavy atom. The van der Waals surface area contributed by atoms with Gasteiger partial charge in [0.15, 0.2) is 5.58 Å². The second-order valence-electron chi connectivity index (χ2n) is 6.39. The van der Waals surface area contributed by atoms with Crippen LogP contribution in [0.2, 0.25) is 5.02 Å². The standard InChI is InChI=1S/C19H19ClN2O6S/c1-3-8-27-18(23)11-22-16-7-5-13(10-17(16)28-19(22)24)29(25,26)21-15-6-4-12(2)9-14(15)20/h4-7,9-10,21H,3,8,11H2,1-2H3. The molecule has 0 aliphatic heterocycles. The molecule has 0 amide bonds. The zero-order valence-electron chi connectivity index (χ0n) is 15.8. The van der Waals surface area contributed by atoms with Gasteiger partial charge in [-0.15, -0.1) is 0 Å². The van der Waals surface area contributed by atoms with Crippen LogP contribution < -0.4 is 10.5 Å². The Labute approximate surface area is 172 Å². The summed E-state index contributed by atoms with van der Waals surface area (Å²) in [7, 11) is -3.98. The second kappa shape index (κ2) is 8.30. The first-order valence-corrected chi connectivity index (χ1v) is 10.7. The zero-order valence-corrected chi connectivity index (χ0v) is 17.3. The minimum atomic E-state index is -3.98. The fourth-order valence-corrected chi connectivity index (χ4v) is 4.09. The number of carbonyl (C=O) groups is 1. The predicted molar refractivity (Wildman–Crippen MR) is 109 cm³/mol. The Morgan fingerprint density at radius 2 is 2.00 bits per heavy atom. The van der Waals surface area contributed by atoms with Crippen molar-refractivity contribution in [3.8, 4) is 0 Å². The number of nitrogens with zero attached hydrogens (tertiary/aromatic N) is 1. The summed E-state index contributed by atoms with van der Waals surface area (Å²) in [6.45, 7) is 3.61. The van der Waals surface area contributed by atoms with Crippen LogP contribution in [0.1, 0.15) is 18.9 Å². The summed E-state index contributed by atoms with van der Waals surface area (Å²) < 4.78 is 39.0. The van der Waals surface area contributed by atoms with E-state index in [9.17, 15) is 18.0 Å². The van der Waals surface area contributed by atoms with Crippen molar-refractivity contribution < 1.29 is 22.4 Å². The maximum absolute atomic E-state index is 12.7. The molecule has 0 aliphatic rings. The summed E-state index contributed by atoms with van der Waals surface area (Å²) >= 11 is 6.09. The highest BCUT2D eigenvalue weighted by molar-refractivity contribution is 7.92. The van der Waals surface area contributed by atoms with Crippen LogP contribution in [0.5, 0.6) is 0 Å². The summed E-state index contributed by atoms with van der Waals surface area (Å²) in [5.74, 6) is -1.36. The van der Waals surface area contributed by atoms with E-state index in [-0.39, 0.29) is 39.9 Å². The Hall–Kier alpha value is -2.78. The van der Waals surface area contributed by atoms with Crippen molar-refractivity contribution in [2.45, 2.75) is 31.7 Å². The maximum Gasteiger partial charge on any atom is 0.420 e. The van der Waals surface area contributed by atoms with Crippen LogP contribution >= 0.6 is 11.6 Å². The molecule has 1 heterocycles. The summed E-state index contributed by atoms with van der Waals surface area (Å²) in [6.07, 6.45) is 0.659. The van der Waals surface area contributed by atoms with Crippen molar-refractivity contribution in [1.29, 1.82) is 0 Å². The summed E-state index contributed by atoms with van der Waals surface area (Å²) in [5.41, 5.74) is 1.45. The highest BCUT2D eigenvalue weighted by Gasteiger charge is 2.20. The summed E-state index contributed by atoms with van der Waals surface area (Å²) in [6, 6.07) is 8.86. The number of hydrogen-bond donors (Lipinski definition) is 1. The van der Waals surface area contributed by atoms with Gasteiger partial charge in [-0.05, 0) is 43.2 Å². The number of hydrogen-bond acceptors (Lipinski definition) is 6. The molecular formula is C19H19ClN2O6S. The summed E-state index contributed by atoms with van der Waals surface area (Å²) in [5, 5.41) is 0.262. The lowest BCUT2D eigenvalue weighted by Crippen LogP contribution is -2.21. The fourth-order valence-electron chi connectivity index (χ4n) is 2.66. The van der Waals surface area contributed by atoms with Crippen molar-refractivity contribution in [3.05, 3.63) is 57.5 Å². The quantitative estimate of drug-likeness (QED) is 0.567. The topological polar surface area (TPSA) is 108 Å². The number of ether oxygens (including phenoxy) is 1. The van der Waals surface area contributed by atoms with Gasteiger partial charge in [-0.2, -0.15) is 0 Å². The van der Waals surface area contributed by atoms with Gasteiger partial charge in [-0.25, -0.2) is 13.2 Å². The molecule has 2 aromatic carbocycles. The second-order valence-corrected chi connectivity index (χ2v) is 8.48. The first-order valence-electron chi connectivity index (χ1n) is 8.79. The number of halogens is 1. The molecule has 0 atom stereocenters. The van der Waals surface area contributed by atoms with E-state index in [4.69, 9.17) is 20.8 Å². The highest BCUT2D eigenvalue weighted by atomic mass is 35.5. The molecule has 3 aromatic rings. The van der Waals surface area contributed by atoms with E-state index in [0.29, 0.717) is 6.42 Å². The zero-order chi connectivity index (χ0) is 21.2. The number of carbonyl (C=O) groups excluding carboxylic acids is 1. The molecule has 10 heteroatoms. The minimum Gasteiger partial charge on any atom is -0.464 e. The average molecular weight is 439 g/mol. The Kier molecular flexibility index (Phi) is 5.99. The third-order valence-corrected chi connectivity index (χ3v) is 5.75. The molecule has 1 aromatic heterocycles. The SMILES string of the molecule is CCCOC(=O)Cn1c(=O)oc2cc(S(=O)(=O)Nc3ccc(C)cc3Cl)ccc21. The van der Waals surface area contributed by atoms with Crippen LogP contribution in [-0.2, 0) is 26.1 Å². The molecule has 0 saturated heterocycles. The van der Waals surface area contributed by atoms with Crippen molar-refractivity contribution in [3.63, 3.8) is 0 Å². The van der Waals surface area contributed by atoms with E-state index in [2.05, 4.69) is 4.72 Å². The Morgan fingerprint density at radius 1 is 1.24 bits per heavy atom. The van der Waals surface area contributed by atoms with E-state index in [1.807, 2.05) is 13.8 Å². The van der Waals surface area contributed by atoms with Crippen LogP contribution in [0.3, 0.4) is 0 Å². The lowest BCUT2D eigenvalue weighted by atomic mass is 10.2. The fraction of sp³-hybridized carbons (Fsp3) is 0.263. The largest absolute Gasteiger partial charge is 0.464 e. The third kappa shape index (κ3) is 4.63.